The molecule has 18 heavy (non-hydrogen) atoms. The van der Waals surface area contributed by atoms with Gasteiger partial charge in [0.05, 0.1) is 17.9 Å². The van der Waals surface area contributed by atoms with Gasteiger partial charge in [0, 0.05) is 26.3 Å². The van der Waals surface area contributed by atoms with Crippen molar-refractivity contribution < 1.29 is 0 Å². The fourth-order valence-electron chi connectivity index (χ4n) is 2.03. The molecule has 1 aromatic carbocycles. The van der Waals surface area contributed by atoms with Crippen molar-refractivity contribution in [3.63, 3.8) is 0 Å². The van der Waals surface area contributed by atoms with Gasteiger partial charge in [0.1, 0.15) is 0 Å². The molecule has 2 aromatic rings. The monoisotopic (exact) mass is 244 g/mol. The Balaban J connectivity index is 2.11. The van der Waals surface area contributed by atoms with Crippen molar-refractivity contribution in [3.05, 3.63) is 47.3 Å². The number of hydrogen-bond acceptors (Lipinski definition) is 3. The maximum atomic E-state index is 5.60. The molecule has 2 N–H and O–H groups in total. The second-order valence-electron chi connectivity index (χ2n) is 4.63. The zero-order chi connectivity index (χ0) is 13.1. The van der Waals surface area contributed by atoms with Crippen molar-refractivity contribution in [2.45, 2.75) is 20.0 Å². The normalized spacial score (nSPS) is 10.7. The smallest absolute Gasteiger partial charge is 0.0597 e. The van der Waals surface area contributed by atoms with Crippen LogP contribution < -0.4 is 10.6 Å². The Labute approximate surface area is 108 Å². The highest BCUT2D eigenvalue weighted by molar-refractivity contribution is 5.47. The average Bonchev–Trinajstić information content (AvgIpc) is 2.68. The molecule has 0 saturated carbocycles. The molecular weight excluding hydrogens is 224 g/mol. The van der Waals surface area contributed by atoms with Crippen molar-refractivity contribution in [1.82, 2.24) is 9.78 Å². The number of aromatic nitrogens is 2. The molecule has 0 spiro atoms. The SMILES string of the molecule is Cc1cc(CN(C)c2ccc(CN)cc2)n(C)n1. The van der Waals surface area contributed by atoms with E-state index in [0.717, 1.165) is 17.8 Å². The third-order valence-electron chi connectivity index (χ3n) is 3.11. The van der Waals surface area contributed by atoms with Crippen molar-refractivity contribution in [2.75, 3.05) is 11.9 Å². The lowest BCUT2D eigenvalue weighted by Gasteiger charge is -2.19. The van der Waals surface area contributed by atoms with Crippen LogP contribution >= 0.6 is 0 Å². The number of benzene rings is 1. The molecule has 0 bridgehead atoms. The Morgan fingerprint density at radius 3 is 2.44 bits per heavy atom. The molecule has 2 rings (SSSR count). The Bertz CT molecular complexity index is 513. The molecule has 4 heteroatoms. The van der Waals surface area contributed by atoms with Crippen LogP contribution in [0.25, 0.3) is 0 Å². The number of aryl methyl sites for hydroxylation is 2. The number of hydrogen-bond donors (Lipinski definition) is 1. The van der Waals surface area contributed by atoms with Gasteiger partial charge < -0.3 is 10.6 Å². The third-order valence-corrected chi connectivity index (χ3v) is 3.11. The van der Waals surface area contributed by atoms with Crippen LogP contribution in [-0.2, 0) is 20.1 Å². The minimum absolute atomic E-state index is 0.588. The molecular formula is C14H20N4. The van der Waals surface area contributed by atoms with E-state index < -0.39 is 0 Å². The first-order valence-corrected chi connectivity index (χ1v) is 6.10. The topological polar surface area (TPSA) is 47.1 Å². The largest absolute Gasteiger partial charge is 0.369 e. The van der Waals surface area contributed by atoms with E-state index in [4.69, 9.17) is 5.73 Å². The van der Waals surface area contributed by atoms with Crippen molar-refractivity contribution in [2.24, 2.45) is 12.8 Å². The second kappa shape index (κ2) is 5.23. The second-order valence-corrected chi connectivity index (χ2v) is 4.63. The van der Waals surface area contributed by atoms with E-state index in [1.54, 1.807) is 0 Å². The first-order valence-electron chi connectivity index (χ1n) is 6.10. The Hall–Kier alpha value is -1.81. The number of anilines is 1. The molecule has 0 atom stereocenters. The molecule has 0 aliphatic rings. The minimum atomic E-state index is 0.588. The van der Waals surface area contributed by atoms with Gasteiger partial charge in [0.25, 0.3) is 0 Å². The summed E-state index contributed by atoms with van der Waals surface area (Å²) in [5, 5.41) is 4.36. The molecule has 0 radical (unpaired) electrons. The fourth-order valence-corrected chi connectivity index (χ4v) is 2.03. The van der Waals surface area contributed by atoms with Gasteiger partial charge in [-0.15, -0.1) is 0 Å². The summed E-state index contributed by atoms with van der Waals surface area (Å²) < 4.78 is 1.93. The van der Waals surface area contributed by atoms with E-state index in [9.17, 15) is 0 Å². The average molecular weight is 244 g/mol. The van der Waals surface area contributed by atoms with Crippen molar-refractivity contribution in [3.8, 4) is 0 Å². The summed E-state index contributed by atoms with van der Waals surface area (Å²) in [6.07, 6.45) is 0. The van der Waals surface area contributed by atoms with E-state index in [1.807, 2.05) is 18.7 Å². The standard InChI is InChI=1S/C14H20N4/c1-11-8-14(18(3)16-11)10-17(2)13-6-4-12(9-15)5-7-13/h4-8H,9-10,15H2,1-3H3. The summed E-state index contributed by atoms with van der Waals surface area (Å²) in [5.41, 5.74) is 10.2. The van der Waals surface area contributed by atoms with Crippen molar-refractivity contribution >= 4 is 5.69 Å². The van der Waals surface area contributed by atoms with Crippen LogP contribution in [0.4, 0.5) is 5.69 Å². The van der Waals surface area contributed by atoms with Gasteiger partial charge in [-0.25, -0.2) is 0 Å². The lowest BCUT2D eigenvalue weighted by molar-refractivity contribution is 0.694. The Morgan fingerprint density at radius 2 is 1.94 bits per heavy atom. The summed E-state index contributed by atoms with van der Waals surface area (Å²) in [7, 11) is 4.06. The maximum Gasteiger partial charge on any atom is 0.0597 e. The lowest BCUT2D eigenvalue weighted by atomic mass is 10.2. The first-order chi connectivity index (χ1) is 8.60. The zero-order valence-electron chi connectivity index (χ0n) is 11.2. The molecule has 0 unspecified atom stereocenters. The van der Waals surface area contributed by atoms with Crippen LogP contribution in [0.5, 0.6) is 0 Å². The third kappa shape index (κ3) is 2.71. The van der Waals surface area contributed by atoms with Gasteiger partial charge >= 0.3 is 0 Å². The van der Waals surface area contributed by atoms with Crippen LogP contribution in [0.1, 0.15) is 17.0 Å². The number of nitrogens with two attached hydrogens (primary N) is 1. The summed E-state index contributed by atoms with van der Waals surface area (Å²) >= 11 is 0. The van der Waals surface area contributed by atoms with Crippen LogP contribution in [0.15, 0.2) is 30.3 Å². The first kappa shape index (κ1) is 12.6. The van der Waals surface area contributed by atoms with Crippen LogP contribution in [-0.4, -0.2) is 16.8 Å². The summed E-state index contributed by atoms with van der Waals surface area (Å²) in [4.78, 5) is 2.21. The van der Waals surface area contributed by atoms with Crippen molar-refractivity contribution in [1.29, 1.82) is 0 Å². The molecule has 1 aromatic heterocycles. The quantitative estimate of drug-likeness (QED) is 0.892. The van der Waals surface area contributed by atoms with Crippen LogP contribution in [0, 0.1) is 6.92 Å². The van der Waals surface area contributed by atoms with Gasteiger partial charge in [-0.1, -0.05) is 12.1 Å². The molecule has 0 aliphatic heterocycles. The summed E-state index contributed by atoms with van der Waals surface area (Å²) in [6, 6.07) is 10.5. The maximum absolute atomic E-state index is 5.60. The zero-order valence-corrected chi connectivity index (χ0v) is 11.2. The van der Waals surface area contributed by atoms with Crippen LogP contribution in [0.3, 0.4) is 0 Å². The molecule has 0 aliphatic carbocycles. The van der Waals surface area contributed by atoms with Gasteiger partial charge in [0.15, 0.2) is 0 Å². The Kier molecular flexibility index (Phi) is 3.67. The molecule has 1 heterocycles. The molecule has 0 saturated heterocycles. The number of rotatable bonds is 4. The summed E-state index contributed by atoms with van der Waals surface area (Å²) in [6.45, 7) is 3.45. The highest BCUT2D eigenvalue weighted by Gasteiger charge is 2.06. The van der Waals surface area contributed by atoms with E-state index in [1.165, 1.54) is 11.4 Å². The van der Waals surface area contributed by atoms with Crippen LogP contribution in [0.2, 0.25) is 0 Å². The highest BCUT2D eigenvalue weighted by atomic mass is 15.3. The van der Waals surface area contributed by atoms with E-state index in [2.05, 4.69) is 47.4 Å². The Morgan fingerprint density at radius 1 is 1.28 bits per heavy atom. The van der Waals surface area contributed by atoms with E-state index in [-0.39, 0.29) is 0 Å². The van der Waals surface area contributed by atoms with Gasteiger partial charge in [-0.05, 0) is 30.7 Å². The predicted molar refractivity (Wildman–Crippen MR) is 74.4 cm³/mol. The summed E-state index contributed by atoms with van der Waals surface area (Å²) in [5.74, 6) is 0. The highest BCUT2D eigenvalue weighted by Crippen LogP contribution is 2.16. The fraction of sp³-hybridized carbons (Fsp3) is 0.357. The van der Waals surface area contributed by atoms with Gasteiger partial charge in [-0.3, -0.25) is 4.68 Å². The molecule has 96 valence electrons. The molecule has 4 nitrogen and oxygen atoms in total. The van der Waals surface area contributed by atoms with Gasteiger partial charge in [-0.2, -0.15) is 5.10 Å². The number of nitrogens with zero attached hydrogens (tertiary/aromatic N) is 3. The van der Waals surface area contributed by atoms with E-state index >= 15 is 0 Å². The van der Waals surface area contributed by atoms with E-state index in [0.29, 0.717) is 6.54 Å². The molecule has 0 fully saturated rings. The minimum Gasteiger partial charge on any atom is -0.369 e. The molecule has 0 amide bonds. The van der Waals surface area contributed by atoms with Gasteiger partial charge in [0.2, 0.25) is 0 Å². The predicted octanol–water partition coefficient (Wildman–Crippen LogP) is 1.82. The lowest BCUT2D eigenvalue weighted by Crippen LogP contribution is -2.18.